The van der Waals surface area contributed by atoms with E-state index in [2.05, 4.69) is 4.90 Å². The van der Waals surface area contributed by atoms with E-state index in [9.17, 15) is 4.79 Å². The third-order valence-corrected chi connectivity index (χ3v) is 3.25. The summed E-state index contributed by atoms with van der Waals surface area (Å²) >= 11 is 0. The van der Waals surface area contributed by atoms with Crippen LogP contribution in [0.1, 0.15) is 20.8 Å². The minimum atomic E-state index is 0.0790. The second-order valence-corrected chi connectivity index (χ2v) is 4.41. The first-order valence-electron chi connectivity index (χ1n) is 6.71. The average Bonchev–Trinajstić information content (AvgIpc) is 2.40. The van der Waals surface area contributed by atoms with Gasteiger partial charge < -0.3 is 16.4 Å². The molecule has 0 unspecified atom stereocenters. The van der Waals surface area contributed by atoms with Crippen LogP contribution in [0.15, 0.2) is 18.2 Å². The minimum absolute atomic E-state index is 0.0790. The van der Waals surface area contributed by atoms with Gasteiger partial charge in [0.25, 0.3) is 0 Å². The van der Waals surface area contributed by atoms with Crippen LogP contribution in [0.4, 0.5) is 17.1 Å². The fraction of sp³-hybridized carbons (Fsp3) is 0.500. The van der Waals surface area contributed by atoms with Crippen molar-refractivity contribution in [3.05, 3.63) is 18.2 Å². The molecule has 1 aromatic rings. The average molecular weight is 264 g/mol. The highest BCUT2D eigenvalue weighted by atomic mass is 16.2. The zero-order valence-corrected chi connectivity index (χ0v) is 12.0. The molecule has 4 N–H and O–H groups in total. The van der Waals surface area contributed by atoms with E-state index < -0.39 is 0 Å². The van der Waals surface area contributed by atoms with E-state index in [1.54, 1.807) is 17.0 Å². The number of rotatable bonds is 6. The van der Waals surface area contributed by atoms with Crippen LogP contribution in [-0.2, 0) is 4.79 Å². The van der Waals surface area contributed by atoms with Crippen molar-refractivity contribution >= 4 is 23.0 Å². The summed E-state index contributed by atoms with van der Waals surface area (Å²) in [7, 11) is 0. The first-order chi connectivity index (χ1) is 9.03. The summed E-state index contributed by atoms with van der Waals surface area (Å²) in [5.41, 5.74) is 13.3. The molecular formula is C14H24N4O. The standard InChI is InChI=1S/C14H24N4O/c1-4-17(5-2)10-14(19)18(6-3)11-7-8-12(15)13(16)9-11/h7-9H,4-6,10,15-16H2,1-3H3. The van der Waals surface area contributed by atoms with Crippen LogP contribution in [0.5, 0.6) is 0 Å². The number of nitrogens with two attached hydrogens (primary N) is 2. The van der Waals surface area contributed by atoms with Crippen LogP contribution >= 0.6 is 0 Å². The van der Waals surface area contributed by atoms with Crippen LogP contribution in [0.2, 0.25) is 0 Å². The third-order valence-electron chi connectivity index (χ3n) is 3.25. The molecule has 1 aromatic carbocycles. The number of benzene rings is 1. The van der Waals surface area contributed by atoms with Crippen molar-refractivity contribution < 1.29 is 4.79 Å². The molecule has 19 heavy (non-hydrogen) atoms. The van der Waals surface area contributed by atoms with Gasteiger partial charge in [0.05, 0.1) is 17.9 Å². The highest BCUT2D eigenvalue weighted by molar-refractivity contribution is 5.95. The van der Waals surface area contributed by atoms with Gasteiger partial charge in [0.15, 0.2) is 0 Å². The molecule has 0 aliphatic carbocycles. The van der Waals surface area contributed by atoms with Gasteiger partial charge in [-0.1, -0.05) is 13.8 Å². The lowest BCUT2D eigenvalue weighted by Crippen LogP contribution is -2.40. The van der Waals surface area contributed by atoms with Gasteiger partial charge >= 0.3 is 0 Å². The van der Waals surface area contributed by atoms with Gasteiger partial charge in [-0.3, -0.25) is 9.69 Å². The summed E-state index contributed by atoms with van der Waals surface area (Å²) in [6.07, 6.45) is 0. The fourth-order valence-corrected chi connectivity index (χ4v) is 1.96. The number of carbonyl (C=O) groups is 1. The summed E-state index contributed by atoms with van der Waals surface area (Å²) in [6.45, 7) is 8.82. The number of hydrogen-bond donors (Lipinski definition) is 2. The maximum Gasteiger partial charge on any atom is 0.241 e. The van der Waals surface area contributed by atoms with E-state index >= 15 is 0 Å². The minimum Gasteiger partial charge on any atom is -0.397 e. The van der Waals surface area contributed by atoms with Crippen molar-refractivity contribution in [3.8, 4) is 0 Å². The zero-order valence-electron chi connectivity index (χ0n) is 12.0. The van der Waals surface area contributed by atoms with Crippen molar-refractivity contribution in [1.29, 1.82) is 0 Å². The Morgan fingerprint density at radius 1 is 1.05 bits per heavy atom. The quantitative estimate of drug-likeness (QED) is 0.764. The normalized spacial score (nSPS) is 10.7. The Balaban J connectivity index is 2.87. The molecule has 106 valence electrons. The molecular weight excluding hydrogens is 240 g/mol. The lowest BCUT2D eigenvalue weighted by Gasteiger charge is -2.25. The third kappa shape index (κ3) is 3.86. The van der Waals surface area contributed by atoms with Crippen LogP contribution < -0.4 is 16.4 Å². The smallest absolute Gasteiger partial charge is 0.241 e. The van der Waals surface area contributed by atoms with E-state index in [1.807, 2.05) is 26.8 Å². The van der Waals surface area contributed by atoms with Crippen LogP contribution in [0, 0.1) is 0 Å². The summed E-state index contributed by atoms with van der Waals surface area (Å²) in [4.78, 5) is 16.1. The second-order valence-electron chi connectivity index (χ2n) is 4.41. The number of amides is 1. The Bertz CT molecular complexity index is 429. The van der Waals surface area contributed by atoms with Gasteiger partial charge in [0, 0.05) is 12.2 Å². The molecule has 0 fully saturated rings. The van der Waals surface area contributed by atoms with Crippen molar-refractivity contribution in [2.45, 2.75) is 20.8 Å². The second kappa shape index (κ2) is 6.99. The lowest BCUT2D eigenvalue weighted by molar-refractivity contribution is -0.119. The fourth-order valence-electron chi connectivity index (χ4n) is 1.96. The van der Waals surface area contributed by atoms with Crippen LogP contribution in [0.3, 0.4) is 0 Å². The first-order valence-corrected chi connectivity index (χ1v) is 6.71. The predicted octanol–water partition coefficient (Wildman–Crippen LogP) is 1.55. The summed E-state index contributed by atoms with van der Waals surface area (Å²) < 4.78 is 0. The van der Waals surface area contributed by atoms with Gasteiger partial charge in [0.2, 0.25) is 5.91 Å². The number of nitrogen functional groups attached to an aromatic ring is 2. The Labute approximate surface area is 115 Å². The van der Waals surface area contributed by atoms with Crippen molar-refractivity contribution in [1.82, 2.24) is 4.90 Å². The molecule has 0 aliphatic rings. The molecule has 0 radical (unpaired) electrons. The molecule has 5 nitrogen and oxygen atoms in total. The SMILES string of the molecule is CCN(CC)CC(=O)N(CC)c1ccc(N)c(N)c1. The van der Waals surface area contributed by atoms with Gasteiger partial charge in [-0.25, -0.2) is 0 Å². The van der Waals surface area contributed by atoms with Crippen molar-refractivity contribution in [3.63, 3.8) is 0 Å². The molecule has 5 heteroatoms. The van der Waals surface area contributed by atoms with Gasteiger partial charge in [0.1, 0.15) is 0 Å². The maximum absolute atomic E-state index is 12.3. The molecule has 0 saturated carbocycles. The van der Waals surface area contributed by atoms with Gasteiger partial charge in [-0.2, -0.15) is 0 Å². The topological polar surface area (TPSA) is 75.6 Å². The molecule has 0 spiro atoms. The Morgan fingerprint density at radius 3 is 2.16 bits per heavy atom. The summed E-state index contributed by atoms with van der Waals surface area (Å²) in [5, 5.41) is 0. The van der Waals surface area contributed by atoms with Crippen molar-refractivity contribution in [2.75, 3.05) is 42.5 Å². The highest BCUT2D eigenvalue weighted by Gasteiger charge is 2.16. The predicted molar refractivity (Wildman–Crippen MR) is 81.1 cm³/mol. The molecule has 0 heterocycles. The Kier molecular flexibility index (Phi) is 5.63. The molecule has 1 rings (SSSR count). The number of likely N-dealkylation sites (N-methyl/N-ethyl adjacent to an activating group) is 2. The van der Waals surface area contributed by atoms with E-state index in [1.165, 1.54) is 0 Å². The number of nitrogens with zero attached hydrogens (tertiary/aromatic N) is 2. The van der Waals surface area contributed by atoms with Crippen LogP contribution in [0.25, 0.3) is 0 Å². The van der Waals surface area contributed by atoms with Crippen molar-refractivity contribution in [2.24, 2.45) is 0 Å². The molecule has 1 amide bonds. The lowest BCUT2D eigenvalue weighted by atomic mass is 10.2. The largest absolute Gasteiger partial charge is 0.397 e. The van der Waals surface area contributed by atoms with Crippen LogP contribution in [-0.4, -0.2) is 37.0 Å². The molecule has 0 atom stereocenters. The van der Waals surface area contributed by atoms with E-state index in [4.69, 9.17) is 11.5 Å². The Morgan fingerprint density at radius 2 is 1.68 bits per heavy atom. The molecule has 0 bridgehead atoms. The summed E-state index contributed by atoms with van der Waals surface area (Å²) in [5.74, 6) is 0.0790. The monoisotopic (exact) mass is 264 g/mol. The molecule has 0 saturated heterocycles. The molecule has 0 aliphatic heterocycles. The van der Waals surface area contributed by atoms with E-state index in [0.29, 0.717) is 24.5 Å². The van der Waals surface area contributed by atoms with E-state index in [0.717, 1.165) is 18.8 Å². The first kappa shape index (κ1) is 15.3. The number of carbonyl (C=O) groups excluding carboxylic acids is 1. The molecule has 0 aromatic heterocycles. The number of anilines is 3. The number of hydrogen-bond acceptors (Lipinski definition) is 4. The van der Waals surface area contributed by atoms with Gasteiger partial charge in [-0.15, -0.1) is 0 Å². The van der Waals surface area contributed by atoms with Gasteiger partial charge in [-0.05, 0) is 38.2 Å². The van der Waals surface area contributed by atoms with E-state index in [-0.39, 0.29) is 5.91 Å². The Hall–Kier alpha value is -1.75. The highest BCUT2D eigenvalue weighted by Crippen LogP contribution is 2.23. The maximum atomic E-state index is 12.3. The summed E-state index contributed by atoms with van der Waals surface area (Å²) in [6, 6.07) is 5.31. The zero-order chi connectivity index (χ0) is 14.4.